The average Bonchev–Trinajstić information content (AvgIpc) is 3.16. The molecule has 0 aliphatic carbocycles. The van der Waals surface area contributed by atoms with Crippen LogP contribution in [0.5, 0.6) is 0 Å². The maximum absolute atomic E-state index is 13.0. The molecule has 0 bridgehead atoms. The van der Waals surface area contributed by atoms with Crippen LogP contribution < -0.4 is 0 Å². The van der Waals surface area contributed by atoms with Crippen molar-refractivity contribution in [1.29, 1.82) is 0 Å². The second-order valence-corrected chi connectivity index (χ2v) is 9.78. The van der Waals surface area contributed by atoms with Crippen LogP contribution in [0.2, 0.25) is 0 Å². The topological polar surface area (TPSA) is 104 Å². The van der Waals surface area contributed by atoms with E-state index in [1.54, 1.807) is 41.8 Å². The third-order valence-corrected chi connectivity index (χ3v) is 7.50. The maximum Gasteiger partial charge on any atom is 0.318 e. The molecule has 1 aromatic carbocycles. The normalized spacial score (nSPS) is 16.2. The van der Waals surface area contributed by atoms with Gasteiger partial charge in [0.05, 0.1) is 25.2 Å². The van der Waals surface area contributed by atoms with E-state index in [0.717, 1.165) is 0 Å². The summed E-state index contributed by atoms with van der Waals surface area (Å²) in [5.41, 5.74) is 0.608. The second-order valence-electron chi connectivity index (χ2n) is 6.53. The summed E-state index contributed by atoms with van der Waals surface area (Å²) in [4.78, 5) is 12.0. The van der Waals surface area contributed by atoms with Crippen LogP contribution in [0.4, 0.5) is 0 Å². The molecule has 1 aromatic heterocycles. The minimum Gasteiger partial charge on any atom is -0.468 e. The highest BCUT2D eigenvalue weighted by molar-refractivity contribution is 8.00. The Morgan fingerprint density at radius 2 is 2.10 bits per heavy atom. The van der Waals surface area contributed by atoms with Gasteiger partial charge in [0, 0.05) is 25.2 Å². The molecule has 3 rings (SSSR count). The fourth-order valence-electron chi connectivity index (χ4n) is 2.99. The van der Waals surface area contributed by atoms with Crippen LogP contribution in [0.15, 0.2) is 47.0 Å². The van der Waals surface area contributed by atoms with E-state index >= 15 is 0 Å². The molecule has 0 radical (unpaired) electrons. The van der Waals surface area contributed by atoms with Crippen molar-refractivity contribution < 1.29 is 22.7 Å². The summed E-state index contributed by atoms with van der Waals surface area (Å²) in [6, 6.07) is 6.61. The number of nitrogens with zero attached hydrogens (tertiary/aromatic N) is 4. The largest absolute Gasteiger partial charge is 0.468 e. The molecule has 1 fully saturated rings. The average molecular weight is 453 g/mol. The van der Waals surface area contributed by atoms with Crippen molar-refractivity contribution >= 4 is 27.8 Å². The molecule has 0 saturated carbocycles. The zero-order chi connectivity index (χ0) is 21.7. The van der Waals surface area contributed by atoms with Gasteiger partial charge in [-0.2, -0.15) is 4.31 Å². The zero-order valence-corrected chi connectivity index (χ0v) is 18.5. The molecule has 162 valence electrons. The molecule has 1 saturated heterocycles. The number of methoxy groups -OCH3 is 1. The minimum atomic E-state index is -3.64. The molecule has 0 N–H and O–H groups in total. The van der Waals surface area contributed by atoms with Crippen LogP contribution >= 0.6 is 11.8 Å². The summed E-state index contributed by atoms with van der Waals surface area (Å²) in [5.74, 6) is 0.127. The van der Waals surface area contributed by atoms with Crippen LogP contribution in [0.25, 0.3) is 11.4 Å². The second kappa shape index (κ2) is 9.73. The lowest BCUT2D eigenvalue weighted by atomic mass is 10.2. The Bertz CT molecular complexity index is 1020. The molecule has 2 aromatic rings. The Morgan fingerprint density at radius 3 is 2.77 bits per heavy atom. The molecule has 0 amide bonds. The van der Waals surface area contributed by atoms with Gasteiger partial charge < -0.3 is 9.47 Å². The van der Waals surface area contributed by atoms with E-state index < -0.39 is 15.3 Å². The van der Waals surface area contributed by atoms with Gasteiger partial charge in [0.2, 0.25) is 10.0 Å². The number of sulfonamides is 1. The fourth-order valence-corrected chi connectivity index (χ4v) is 5.33. The number of carbonyl (C=O) groups is 1. The van der Waals surface area contributed by atoms with Crippen LogP contribution in [0.1, 0.15) is 6.92 Å². The van der Waals surface area contributed by atoms with Gasteiger partial charge in [-0.05, 0) is 19.1 Å². The first-order valence-corrected chi connectivity index (χ1v) is 11.7. The fraction of sp³-hybridized carbons (Fsp3) is 0.421. The molecule has 1 aliphatic rings. The summed E-state index contributed by atoms with van der Waals surface area (Å²) < 4.78 is 39.2. The monoisotopic (exact) mass is 452 g/mol. The van der Waals surface area contributed by atoms with Crippen molar-refractivity contribution in [2.24, 2.45) is 0 Å². The Balaban J connectivity index is 1.95. The van der Waals surface area contributed by atoms with E-state index in [9.17, 15) is 13.2 Å². The SMILES string of the molecule is C=CCn1c(SC(C)C(=O)OC)nnc1-c1cccc(S(=O)(=O)N2CCOCC2)c1. The maximum atomic E-state index is 13.0. The van der Waals surface area contributed by atoms with Crippen molar-refractivity contribution in [3.05, 3.63) is 36.9 Å². The van der Waals surface area contributed by atoms with E-state index in [4.69, 9.17) is 9.47 Å². The number of hydrogen-bond acceptors (Lipinski definition) is 8. The molecule has 30 heavy (non-hydrogen) atoms. The Hall–Kier alpha value is -2.21. The molecular weight excluding hydrogens is 428 g/mol. The lowest BCUT2D eigenvalue weighted by Crippen LogP contribution is -2.40. The van der Waals surface area contributed by atoms with Crippen LogP contribution in [0, 0.1) is 0 Å². The van der Waals surface area contributed by atoms with Gasteiger partial charge in [0.25, 0.3) is 0 Å². The summed E-state index contributed by atoms with van der Waals surface area (Å²) in [6.45, 7) is 7.30. The van der Waals surface area contributed by atoms with Gasteiger partial charge in [0.1, 0.15) is 5.25 Å². The Labute approximate surface area is 180 Å². The van der Waals surface area contributed by atoms with E-state index in [2.05, 4.69) is 16.8 Å². The highest BCUT2D eigenvalue weighted by Gasteiger charge is 2.27. The van der Waals surface area contributed by atoms with Crippen LogP contribution in [-0.2, 0) is 30.8 Å². The first-order chi connectivity index (χ1) is 14.4. The quantitative estimate of drug-likeness (QED) is 0.339. The summed E-state index contributed by atoms with van der Waals surface area (Å²) >= 11 is 1.22. The van der Waals surface area contributed by atoms with Gasteiger partial charge in [-0.1, -0.05) is 30.0 Å². The number of esters is 1. The molecule has 9 nitrogen and oxygen atoms in total. The van der Waals surface area contributed by atoms with Gasteiger partial charge in [-0.15, -0.1) is 16.8 Å². The van der Waals surface area contributed by atoms with Gasteiger partial charge in [0.15, 0.2) is 11.0 Å². The Morgan fingerprint density at radius 1 is 1.37 bits per heavy atom. The molecule has 2 heterocycles. The number of hydrogen-bond donors (Lipinski definition) is 0. The lowest BCUT2D eigenvalue weighted by molar-refractivity contribution is -0.139. The highest BCUT2D eigenvalue weighted by atomic mass is 32.2. The number of ether oxygens (including phenoxy) is 2. The number of allylic oxidation sites excluding steroid dienone is 1. The van der Waals surface area contributed by atoms with Crippen molar-refractivity contribution in [3.8, 4) is 11.4 Å². The molecule has 11 heteroatoms. The van der Waals surface area contributed by atoms with Crippen LogP contribution in [-0.4, -0.2) is 72.1 Å². The highest BCUT2D eigenvalue weighted by Crippen LogP contribution is 2.29. The molecule has 1 atom stereocenters. The van der Waals surface area contributed by atoms with Gasteiger partial charge in [-0.3, -0.25) is 9.36 Å². The van der Waals surface area contributed by atoms with Crippen molar-refractivity contribution in [1.82, 2.24) is 19.1 Å². The third kappa shape index (κ3) is 4.75. The van der Waals surface area contributed by atoms with E-state index in [1.807, 2.05) is 0 Å². The predicted octanol–water partition coefficient (Wildman–Crippen LogP) is 1.81. The van der Waals surface area contributed by atoms with E-state index in [0.29, 0.717) is 49.4 Å². The summed E-state index contributed by atoms with van der Waals surface area (Å²) in [5, 5.41) is 8.49. The Kier molecular flexibility index (Phi) is 7.29. The first-order valence-electron chi connectivity index (χ1n) is 9.35. The minimum absolute atomic E-state index is 0.187. The standard InChI is InChI=1S/C19H24N4O5S2/c1-4-8-23-17(20-21-19(23)29-14(2)18(24)27-3)15-6-5-7-16(13-15)30(25,26)22-9-11-28-12-10-22/h4-7,13-14H,1,8-12H2,2-3H3. The van der Waals surface area contributed by atoms with Gasteiger partial charge >= 0.3 is 5.97 Å². The number of aromatic nitrogens is 3. The number of morpholine rings is 1. The van der Waals surface area contributed by atoms with Gasteiger partial charge in [-0.25, -0.2) is 8.42 Å². The number of thioether (sulfide) groups is 1. The number of carbonyl (C=O) groups excluding carboxylic acids is 1. The van der Waals surface area contributed by atoms with Crippen molar-refractivity contribution in [2.45, 2.75) is 28.8 Å². The van der Waals surface area contributed by atoms with Crippen molar-refractivity contribution in [2.75, 3.05) is 33.4 Å². The molecule has 1 aliphatic heterocycles. The number of benzene rings is 1. The third-order valence-electron chi connectivity index (χ3n) is 4.54. The first kappa shape index (κ1) is 22.5. The van der Waals surface area contributed by atoms with Crippen molar-refractivity contribution in [3.63, 3.8) is 0 Å². The zero-order valence-electron chi connectivity index (χ0n) is 16.9. The van der Waals surface area contributed by atoms with E-state index in [1.165, 1.54) is 23.2 Å². The molecule has 0 spiro atoms. The van der Waals surface area contributed by atoms with Crippen LogP contribution in [0.3, 0.4) is 0 Å². The summed E-state index contributed by atoms with van der Waals surface area (Å²) in [6.07, 6.45) is 1.69. The predicted molar refractivity (Wildman–Crippen MR) is 113 cm³/mol. The number of rotatable bonds is 8. The van der Waals surface area contributed by atoms with E-state index in [-0.39, 0.29) is 10.9 Å². The molecule has 1 unspecified atom stereocenters. The lowest BCUT2D eigenvalue weighted by Gasteiger charge is -2.26. The smallest absolute Gasteiger partial charge is 0.318 e. The summed E-state index contributed by atoms with van der Waals surface area (Å²) in [7, 11) is -2.30. The molecular formula is C19H24N4O5S2.